The van der Waals surface area contributed by atoms with Crippen molar-refractivity contribution in [1.29, 1.82) is 0 Å². The molecule has 5 rings (SSSR count). The second kappa shape index (κ2) is 8.86. The van der Waals surface area contributed by atoms with Crippen LogP contribution < -0.4 is 10.2 Å². The Hall–Kier alpha value is -2.39. The van der Waals surface area contributed by atoms with Crippen molar-refractivity contribution < 1.29 is 9.53 Å². The lowest BCUT2D eigenvalue weighted by Gasteiger charge is -2.38. The predicted octanol–water partition coefficient (Wildman–Crippen LogP) is 3.64. The van der Waals surface area contributed by atoms with E-state index >= 15 is 0 Å². The summed E-state index contributed by atoms with van der Waals surface area (Å²) in [5, 5.41) is 3.62. The van der Waals surface area contributed by atoms with Crippen molar-refractivity contribution in [3.8, 4) is 0 Å². The highest BCUT2D eigenvalue weighted by molar-refractivity contribution is 9.10. The second-order valence-corrected chi connectivity index (χ2v) is 9.40. The lowest BCUT2D eigenvalue weighted by molar-refractivity contribution is 0.0833. The Morgan fingerprint density at radius 2 is 2.09 bits per heavy atom. The zero-order valence-corrected chi connectivity index (χ0v) is 20.2. The van der Waals surface area contributed by atoms with Gasteiger partial charge in [0.05, 0.1) is 6.54 Å². The fourth-order valence-electron chi connectivity index (χ4n) is 4.57. The monoisotopic (exact) mass is 500 g/mol. The summed E-state index contributed by atoms with van der Waals surface area (Å²) in [6.07, 6.45) is 2.81. The van der Waals surface area contributed by atoms with Gasteiger partial charge in [-0.3, -0.25) is 24.2 Å². The number of anilines is 2. The van der Waals surface area contributed by atoms with E-state index in [4.69, 9.17) is 9.72 Å². The highest BCUT2D eigenvalue weighted by Gasteiger charge is 2.40. The normalized spacial score (nSPS) is 19.0. The first-order valence-electron chi connectivity index (χ1n) is 11.4. The van der Waals surface area contributed by atoms with Gasteiger partial charge in [-0.15, -0.1) is 0 Å². The Morgan fingerprint density at radius 3 is 2.84 bits per heavy atom. The van der Waals surface area contributed by atoms with Crippen LogP contribution in [0, 0.1) is 6.92 Å². The number of benzene rings is 1. The van der Waals surface area contributed by atoms with Crippen LogP contribution in [-0.4, -0.2) is 65.2 Å². The Morgan fingerprint density at radius 1 is 1.28 bits per heavy atom. The Balaban J connectivity index is 1.60. The zero-order valence-electron chi connectivity index (χ0n) is 18.6. The van der Waals surface area contributed by atoms with Crippen LogP contribution in [0.25, 0.3) is 0 Å². The first-order chi connectivity index (χ1) is 15.6. The van der Waals surface area contributed by atoms with Crippen LogP contribution in [0.3, 0.4) is 0 Å². The molecule has 4 heterocycles. The molecule has 3 aliphatic heterocycles. The number of fused-ring (bicyclic) bond motifs is 3. The maximum absolute atomic E-state index is 13.6. The Kier molecular flexibility index (Phi) is 5.94. The number of carbonyl (C=O) groups excluding carboxylic acids is 1. The molecule has 0 spiro atoms. The first kappa shape index (κ1) is 21.5. The molecule has 1 amide bonds. The van der Waals surface area contributed by atoms with Crippen LogP contribution in [0.1, 0.15) is 47.8 Å². The molecule has 0 aliphatic carbocycles. The molecule has 0 unspecified atom stereocenters. The van der Waals surface area contributed by atoms with Crippen LogP contribution in [0.4, 0.5) is 11.8 Å². The smallest absolute Gasteiger partial charge is 0.281 e. The van der Waals surface area contributed by atoms with Crippen LogP contribution >= 0.6 is 15.9 Å². The third-order valence-corrected chi connectivity index (χ3v) is 7.23. The number of carbonyl (C=O) groups is 1. The number of rotatable bonds is 5. The van der Waals surface area contributed by atoms with E-state index in [2.05, 4.69) is 60.8 Å². The minimum atomic E-state index is -0.0295. The molecule has 1 N–H and O–H groups in total. The van der Waals surface area contributed by atoms with Gasteiger partial charge in [-0.25, -0.2) is 0 Å². The standard InChI is InChI=1S/C23H29BrN6O2/c1-3-28-21(31)19-20(29-10-4-9-25-23(28)29)27-22(26-17-7-11-32-12-8-17)30(19)14-16-6-5-15(2)18(24)13-16/h5-6,13,17H,3-4,7-12,14H2,1-2H3,(H,26,27). The lowest BCUT2D eigenvalue weighted by Crippen LogP contribution is -2.54. The minimum absolute atomic E-state index is 0.0295. The largest absolute Gasteiger partial charge is 0.381 e. The van der Waals surface area contributed by atoms with Gasteiger partial charge in [0.15, 0.2) is 11.5 Å². The molecule has 0 atom stereocenters. The molecule has 3 aliphatic rings. The van der Waals surface area contributed by atoms with Gasteiger partial charge in [-0.2, -0.15) is 4.98 Å². The van der Waals surface area contributed by atoms with Crippen molar-refractivity contribution in [3.05, 3.63) is 39.5 Å². The molecule has 1 saturated heterocycles. The summed E-state index contributed by atoms with van der Waals surface area (Å²) in [4.78, 5) is 27.2. The number of imidazole rings is 1. The van der Waals surface area contributed by atoms with Crippen molar-refractivity contribution in [2.24, 2.45) is 4.99 Å². The summed E-state index contributed by atoms with van der Waals surface area (Å²) in [5.41, 5.74) is 2.94. The maximum Gasteiger partial charge on any atom is 0.281 e. The van der Waals surface area contributed by atoms with Crippen molar-refractivity contribution in [2.75, 3.05) is 43.1 Å². The number of aromatic nitrogens is 2. The lowest BCUT2D eigenvalue weighted by atomic mass is 10.1. The summed E-state index contributed by atoms with van der Waals surface area (Å²) < 4.78 is 8.65. The van der Waals surface area contributed by atoms with Crippen LogP contribution in [-0.2, 0) is 11.3 Å². The van der Waals surface area contributed by atoms with E-state index in [9.17, 15) is 4.79 Å². The SMILES string of the molecule is CCN1C(=O)c2c(nc(NC3CCOCC3)n2Cc2ccc(C)c(Br)c2)N2CCCN=C12. The fraction of sp³-hybridized carbons (Fsp3) is 0.522. The van der Waals surface area contributed by atoms with E-state index in [1.165, 1.54) is 5.56 Å². The number of guanidine groups is 1. The van der Waals surface area contributed by atoms with Crippen LogP contribution in [0.2, 0.25) is 0 Å². The van der Waals surface area contributed by atoms with E-state index in [0.717, 1.165) is 73.3 Å². The number of hydrogen-bond acceptors (Lipinski definition) is 6. The summed E-state index contributed by atoms with van der Waals surface area (Å²) in [7, 11) is 0. The number of nitrogens with one attached hydrogen (secondary N) is 1. The van der Waals surface area contributed by atoms with Gasteiger partial charge in [-0.1, -0.05) is 28.1 Å². The topological polar surface area (TPSA) is 75.0 Å². The molecular formula is C23H29BrN6O2. The molecule has 1 aromatic heterocycles. The minimum Gasteiger partial charge on any atom is -0.381 e. The number of aryl methyl sites for hydroxylation is 1. The number of ether oxygens (including phenoxy) is 1. The number of nitrogens with zero attached hydrogens (tertiary/aromatic N) is 5. The molecule has 2 aromatic rings. The first-order valence-corrected chi connectivity index (χ1v) is 12.2. The number of aliphatic imine (C=N–C) groups is 1. The molecular weight excluding hydrogens is 472 g/mol. The summed E-state index contributed by atoms with van der Waals surface area (Å²) in [5.74, 6) is 2.17. The highest BCUT2D eigenvalue weighted by atomic mass is 79.9. The summed E-state index contributed by atoms with van der Waals surface area (Å²) in [6.45, 7) is 8.27. The quantitative estimate of drug-likeness (QED) is 0.678. The molecule has 0 radical (unpaired) electrons. The second-order valence-electron chi connectivity index (χ2n) is 8.54. The highest BCUT2D eigenvalue weighted by Crippen LogP contribution is 2.34. The summed E-state index contributed by atoms with van der Waals surface area (Å²) >= 11 is 3.65. The van der Waals surface area contributed by atoms with Gasteiger partial charge < -0.3 is 10.1 Å². The summed E-state index contributed by atoms with van der Waals surface area (Å²) in [6, 6.07) is 6.62. The van der Waals surface area contributed by atoms with E-state index in [1.54, 1.807) is 4.90 Å². The number of amides is 1. The average molecular weight is 501 g/mol. The molecule has 0 saturated carbocycles. The maximum atomic E-state index is 13.6. The third-order valence-electron chi connectivity index (χ3n) is 6.38. The Labute approximate surface area is 196 Å². The van der Waals surface area contributed by atoms with Crippen molar-refractivity contribution in [1.82, 2.24) is 14.5 Å². The molecule has 1 aromatic carbocycles. The van der Waals surface area contributed by atoms with Gasteiger partial charge in [-0.05, 0) is 50.3 Å². The van der Waals surface area contributed by atoms with Crippen molar-refractivity contribution in [3.63, 3.8) is 0 Å². The molecule has 32 heavy (non-hydrogen) atoms. The van der Waals surface area contributed by atoms with Gasteiger partial charge in [0.2, 0.25) is 11.9 Å². The molecule has 1 fully saturated rings. The molecule has 0 bridgehead atoms. The van der Waals surface area contributed by atoms with E-state index in [1.807, 2.05) is 6.92 Å². The molecule has 9 heteroatoms. The predicted molar refractivity (Wildman–Crippen MR) is 129 cm³/mol. The molecule has 8 nitrogen and oxygen atoms in total. The van der Waals surface area contributed by atoms with E-state index in [0.29, 0.717) is 18.8 Å². The van der Waals surface area contributed by atoms with Gasteiger partial charge in [0.25, 0.3) is 5.91 Å². The Bertz CT molecular complexity index is 1060. The van der Waals surface area contributed by atoms with Gasteiger partial charge >= 0.3 is 0 Å². The zero-order chi connectivity index (χ0) is 22.2. The molecule has 170 valence electrons. The van der Waals surface area contributed by atoms with E-state index in [-0.39, 0.29) is 11.9 Å². The van der Waals surface area contributed by atoms with Crippen molar-refractivity contribution in [2.45, 2.75) is 45.7 Å². The van der Waals surface area contributed by atoms with E-state index < -0.39 is 0 Å². The van der Waals surface area contributed by atoms with Crippen molar-refractivity contribution >= 4 is 39.6 Å². The number of hydrogen-bond donors (Lipinski definition) is 1. The third kappa shape index (κ3) is 3.81. The van der Waals surface area contributed by atoms with Crippen LogP contribution in [0.15, 0.2) is 27.7 Å². The van der Waals surface area contributed by atoms with Gasteiger partial charge in [0.1, 0.15) is 0 Å². The van der Waals surface area contributed by atoms with Crippen LogP contribution in [0.5, 0.6) is 0 Å². The average Bonchev–Trinajstić information content (AvgIpc) is 3.15. The fourth-order valence-corrected chi connectivity index (χ4v) is 5.00. The number of halogens is 1. The van der Waals surface area contributed by atoms with Gasteiger partial charge in [0, 0.05) is 43.4 Å².